The molecule has 10 nitrogen and oxygen atoms in total. The minimum absolute atomic E-state index is 0.193. The summed E-state index contributed by atoms with van der Waals surface area (Å²) in [6.45, 7) is 3.97. The van der Waals surface area contributed by atoms with Gasteiger partial charge < -0.3 is 25.4 Å². The Balaban J connectivity index is 1.74. The molecule has 1 heterocycles. The Bertz CT molecular complexity index is 1320. The van der Waals surface area contributed by atoms with Crippen molar-refractivity contribution in [2.45, 2.75) is 39.3 Å². The van der Waals surface area contributed by atoms with Crippen molar-refractivity contribution in [1.29, 1.82) is 0 Å². The van der Waals surface area contributed by atoms with E-state index in [0.717, 1.165) is 11.3 Å². The van der Waals surface area contributed by atoms with Crippen molar-refractivity contribution in [3.8, 4) is 0 Å². The molecule has 0 aliphatic rings. The number of H-pyrrole nitrogens is 1. The fourth-order valence-corrected chi connectivity index (χ4v) is 3.67. The monoisotopic (exact) mass is 466 g/mol. The van der Waals surface area contributed by atoms with Gasteiger partial charge in [0, 0.05) is 31.3 Å². The van der Waals surface area contributed by atoms with E-state index in [1.54, 1.807) is 38.1 Å². The first kappa shape index (κ1) is 24.4. The first-order valence-corrected chi connectivity index (χ1v) is 10.6. The molecule has 1 atom stereocenters. The van der Waals surface area contributed by atoms with Gasteiger partial charge in [0.1, 0.15) is 11.9 Å². The largest absolute Gasteiger partial charge is 0.481 e. The molecule has 0 spiro atoms. The lowest BCUT2D eigenvalue weighted by atomic mass is 10.0. The van der Waals surface area contributed by atoms with Gasteiger partial charge in [-0.25, -0.2) is 9.78 Å². The third kappa shape index (κ3) is 5.77. The van der Waals surface area contributed by atoms with Crippen LogP contribution < -0.4 is 15.8 Å². The predicted octanol–water partition coefficient (Wildman–Crippen LogP) is 2.22. The third-order valence-electron chi connectivity index (χ3n) is 5.45. The lowest BCUT2D eigenvalue weighted by molar-refractivity contribution is -0.140. The highest BCUT2D eigenvalue weighted by molar-refractivity contribution is 5.98. The van der Waals surface area contributed by atoms with Crippen molar-refractivity contribution in [2.75, 3.05) is 11.9 Å². The van der Waals surface area contributed by atoms with Crippen LogP contribution in [0.1, 0.15) is 40.2 Å². The molecule has 3 rings (SSSR count). The van der Waals surface area contributed by atoms with Crippen molar-refractivity contribution < 1.29 is 24.6 Å². The molecule has 0 saturated carbocycles. The molecule has 2 aromatic carbocycles. The zero-order valence-corrected chi connectivity index (χ0v) is 19.1. The van der Waals surface area contributed by atoms with E-state index in [0.29, 0.717) is 34.4 Å². The standard InChI is InChI=1S/C24H26N4O6/c1-13-10-16(5-6-17(13)22(31)27-20(24(33)34)8-9-21(29)30)28(3)12-15-4-7-19-18(11-15)23(32)26-14(2)25-19/h4-7,10-11,20H,8-9,12H2,1-3H3,(H,27,31)(H,29,30)(H,33,34)(H,25,26,32)/t20-/m0/s1. The van der Waals surface area contributed by atoms with Crippen LogP contribution in [0, 0.1) is 13.8 Å². The van der Waals surface area contributed by atoms with E-state index in [-0.39, 0.29) is 18.4 Å². The summed E-state index contributed by atoms with van der Waals surface area (Å²) >= 11 is 0. The highest BCUT2D eigenvalue weighted by Gasteiger charge is 2.22. The number of amides is 1. The lowest BCUT2D eigenvalue weighted by Crippen LogP contribution is -2.41. The molecule has 0 radical (unpaired) electrons. The molecule has 34 heavy (non-hydrogen) atoms. The number of nitrogens with one attached hydrogen (secondary N) is 2. The van der Waals surface area contributed by atoms with Gasteiger partial charge in [-0.3, -0.25) is 14.4 Å². The number of carbonyl (C=O) groups is 3. The number of hydrogen-bond acceptors (Lipinski definition) is 6. The number of aryl methyl sites for hydroxylation is 2. The predicted molar refractivity (Wildman–Crippen MR) is 126 cm³/mol. The maximum atomic E-state index is 12.6. The Labute approximate surface area is 195 Å². The van der Waals surface area contributed by atoms with Crippen molar-refractivity contribution in [3.05, 3.63) is 69.3 Å². The van der Waals surface area contributed by atoms with Crippen LogP contribution >= 0.6 is 0 Å². The number of carboxylic acids is 2. The molecular weight excluding hydrogens is 440 g/mol. The highest BCUT2D eigenvalue weighted by Crippen LogP contribution is 2.21. The molecule has 0 fully saturated rings. The van der Waals surface area contributed by atoms with Gasteiger partial charge >= 0.3 is 11.9 Å². The van der Waals surface area contributed by atoms with E-state index < -0.39 is 23.9 Å². The Morgan fingerprint density at radius 2 is 1.85 bits per heavy atom. The van der Waals surface area contributed by atoms with Crippen LogP contribution in [-0.4, -0.2) is 51.1 Å². The number of fused-ring (bicyclic) bond motifs is 1. The van der Waals surface area contributed by atoms with Crippen molar-refractivity contribution in [2.24, 2.45) is 0 Å². The van der Waals surface area contributed by atoms with Crippen molar-refractivity contribution in [3.63, 3.8) is 0 Å². The minimum Gasteiger partial charge on any atom is -0.481 e. The average Bonchev–Trinajstić information content (AvgIpc) is 2.76. The first-order chi connectivity index (χ1) is 16.0. The fraction of sp³-hybridized carbons (Fsp3) is 0.292. The number of anilines is 1. The molecule has 0 aliphatic carbocycles. The van der Waals surface area contributed by atoms with Crippen LogP contribution in [0.25, 0.3) is 10.9 Å². The molecule has 0 unspecified atom stereocenters. The summed E-state index contributed by atoms with van der Waals surface area (Å²) < 4.78 is 0. The average molecular weight is 466 g/mol. The topological polar surface area (TPSA) is 153 Å². The van der Waals surface area contributed by atoms with E-state index in [1.807, 2.05) is 24.1 Å². The zero-order chi connectivity index (χ0) is 25.0. The molecule has 0 saturated heterocycles. The van der Waals surface area contributed by atoms with Crippen LogP contribution in [0.5, 0.6) is 0 Å². The summed E-state index contributed by atoms with van der Waals surface area (Å²) in [5.74, 6) is -2.45. The van der Waals surface area contributed by atoms with Gasteiger partial charge in [0.25, 0.3) is 11.5 Å². The summed E-state index contributed by atoms with van der Waals surface area (Å²) in [5.41, 5.74) is 3.11. The molecule has 4 N–H and O–H groups in total. The maximum Gasteiger partial charge on any atom is 0.326 e. The minimum atomic E-state index is -1.29. The van der Waals surface area contributed by atoms with Crippen LogP contribution in [0.2, 0.25) is 0 Å². The van der Waals surface area contributed by atoms with Crippen molar-refractivity contribution in [1.82, 2.24) is 15.3 Å². The zero-order valence-electron chi connectivity index (χ0n) is 19.1. The van der Waals surface area contributed by atoms with E-state index in [2.05, 4.69) is 15.3 Å². The van der Waals surface area contributed by atoms with Crippen LogP contribution in [0.3, 0.4) is 0 Å². The van der Waals surface area contributed by atoms with Gasteiger partial charge in [0.05, 0.1) is 10.9 Å². The van der Waals surface area contributed by atoms with E-state index in [4.69, 9.17) is 5.11 Å². The number of carboxylic acid groups (broad SMARTS) is 2. The quantitative estimate of drug-likeness (QED) is 0.374. The number of aromatic amines is 1. The summed E-state index contributed by atoms with van der Waals surface area (Å²) in [7, 11) is 1.88. The van der Waals surface area contributed by atoms with Gasteiger partial charge in [0.2, 0.25) is 0 Å². The number of aliphatic carboxylic acids is 2. The van der Waals surface area contributed by atoms with Gasteiger partial charge in [-0.15, -0.1) is 0 Å². The molecule has 0 bridgehead atoms. The number of carbonyl (C=O) groups excluding carboxylic acids is 1. The molecule has 3 aromatic rings. The second-order valence-corrected chi connectivity index (χ2v) is 8.15. The normalized spacial score (nSPS) is 11.7. The van der Waals surface area contributed by atoms with Crippen LogP contribution in [-0.2, 0) is 16.1 Å². The summed E-state index contributed by atoms with van der Waals surface area (Å²) in [4.78, 5) is 55.9. The Hall–Kier alpha value is -4.21. The maximum absolute atomic E-state index is 12.6. The summed E-state index contributed by atoms with van der Waals surface area (Å²) in [6, 6.07) is 9.37. The number of benzene rings is 2. The second-order valence-electron chi connectivity index (χ2n) is 8.15. The fourth-order valence-electron chi connectivity index (χ4n) is 3.67. The molecule has 1 amide bonds. The van der Waals surface area contributed by atoms with E-state index in [1.165, 1.54) is 0 Å². The molecular formula is C24H26N4O6. The van der Waals surface area contributed by atoms with Gasteiger partial charge in [-0.2, -0.15) is 0 Å². The molecule has 0 aliphatic heterocycles. The number of aromatic nitrogens is 2. The van der Waals surface area contributed by atoms with Gasteiger partial charge in [0.15, 0.2) is 0 Å². The van der Waals surface area contributed by atoms with Gasteiger partial charge in [-0.1, -0.05) is 6.07 Å². The van der Waals surface area contributed by atoms with E-state index >= 15 is 0 Å². The number of nitrogens with zero attached hydrogens (tertiary/aromatic N) is 2. The molecule has 10 heteroatoms. The first-order valence-electron chi connectivity index (χ1n) is 10.6. The Morgan fingerprint density at radius 1 is 1.12 bits per heavy atom. The van der Waals surface area contributed by atoms with Crippen LogP contribution in [0.15, 0.2) is 41.2 Å². The van der Waals surface area contributed by atoms with Gasteiger partial charge in [-0.05, 0) is 61.7 Å². The van der Waals surface area contributed by atoms with Crippen molar-refractivity contribution >= 4 is 34.4 Å². The van der Waals surface area contributed by atoms with E-state index in [9.17, 15) is 24.3 Å². The highest BCUT2D eigenvalue weighted by atomic mass is 16.4. The smallest absolute Gasteiger partial charge is 0.326 e. The second kappa shape index (κ2) is 10.2. The summed E-state index contributed by atoms with van der Waals surface area (Å²) in [5, 5.41) is 20.9. The van der Waals surface area contributed by atoms with Crippen LogP contribution in [0.4, 0.5) is 5.69 Å². The Kier molecular flexibility index (Phi) is 7.30. The summed E-state index contributed by atoms with van der Waals surface area (Å²) in [6.07, 6.45) is -0.573. The molecule has 178 valence electrons. The molecule has 1 aromatic heterocycles. The Morgan fingerprint density at radius 3 is 2.50 bits per heavy atom. The number of hydrogen-bond donors (Lipinski definition) is 4. The lowest BCUT2D eigenvalue weighted by Gasteiger charge is -2.21. The SMILES string of the molecule is Cc1nc2ccc(CN(C)c3ccc(C(=O)N[C@@H](CCC(=O)O)C(=O)O)c(C)c3)cc2c(=O)[nH]1. The third-order valence-corrected chi connectivity index (χ3v) is 5.45. The number of rotatable bonds is 9.